The molecule has 2 fully saturated rings. The van der Waals surface area contributed by atoms with Crippen LogP contribution in [0.1, 0.15) is 38.0 Å². The van der Waals surface area contributed by atoms with Gasteiger partial charge in [-0.05, 0) is 37.3 Å². The van der Waals surface area contributed by atoms with Gasteiger partial charge >= 0.3 is 0 Å². The Hall–Kier alpha value is -1.86. The Kier molecular flexibility index (Phi) is 3.82. The maximum Gasteiger partial charge on any atom is 0.227 e. The average Bonchev–Trinajstić information content (AvgIpc) is 3.21. The molecule has 0 amide bonds. The first-order valence-corrected chi connectivity index (χ1v) is 8.02. The minimum Gasteiger partial charge on any atom is -0.339 e. The molecular weight excluding hydrogens is 280 g/mol. The summed E-state index contributed by atoms with van der Waals surface area (Å²) in [6.07, 6.45) is 8.71. The van der Waals surface area contributed by atoms with Crippen LogP contribution in [0.5, 0.6) is 0 Å². The normalized spacial score (nSPS) is 27.7. The van der Waals surface area contributed by atoms with Crippen molar-refractivity contribution < 1.29 is 4.52 Å². The fourth-order valence-corrected chi connectivity index (χ4v) is 3.59. The van der Waals surface area contributed by atoms with E-state index in [1.165, 1.54) is 25.7 Å². The molecule has 3 atom stereocenters. The van der Waals surface area contributed by atoms with E-state index >= 15 is 0 Å². The molecule has 0 spiro atoms. The summed E-state index contributed by atoms with van der Waals surface area (Å²) in [5.74, 6) is 1.91. The van der Waals surface area contributed by atoms with Crippen LogP contribution < -0.4 is 10.9 Å². The van der Waals surface area contributed by atoms with Gasteiger partial charge in [0, 0.05) is 24.7 Å². The molecule has 116 valence electrons. The average molecular weight is 300 g/mol. The highest BCUT2D eigenvalue weighted by Gasteiger charge is 2.36. The Bertz CT molecular complexity index is 616. The number of aromatic nitrogens is 4. The van der Waals surface area contributed by atoms with Crippen molar-refractivity contribution in [1.29, 1.82) is 0 Å². The topological polar surface area (TPSA) is 88.8 Å². The highest BCUT2D eigenvalue weighted by molar-refractivity contribution is 5.46. The summed E-state index contributed by atoms with van der Waals surface area (Å²) in [6, 6.07) is 4.78. The van der Waals surface area contributed by atoms with Gasteiger partial charge in [0.15, 0.2) is 0 Å². The van der Waals surface area contributed by atoms with Crippen LogP contribution >= 0.6 is 0 Å². The number of nitrogens with zero attached hydrogens (tertiary/aromatic N) is 4. The Morgan fingerprint density at radius 1 is 1.23 bits per heavy atom. The lowest BCUT2D eigenvalue weighted by atomic mass is 9.80. The van der Waals surface area contributed by atoms with Crippen LogP contribution in [0.25, 0.3) is 11.5 Å². The molecule has 22 heavy (non-hydrogen) atoms. The number of hydrogen-bond acceptors (Lipinski definition) is 7. The van der Waals surface area contributed by atoms with Crippen LogP contribution in [-0.4, -0.2) is 32.4 Å². The summed E-state index contributed by atoms with van der Waals surface area (Å²) in [5.41, 5.74) is 7.53. The number of aryl methyl sites for hydroxylation is 1. The van der Waals surface area contributed by atoms with Crippen molar-refractivity contribution in [2.75, 3.05) is 0 Å². The maximum absolute atomic E-state index is 5.34. The predicted octanol–water partition coefficient (Wildman–Crippen LogP) is 1.49. The van der Waals surface area contributed by atoms with E-state index in [1.807, 2.05) is 12.1 Å². The van der Waals surface area contributed by atoms with Crippen molar-refractivity contribution >= 4 is 0 Å². The van der Waals surface area contributed by atoms with E-state index in [0.29, 0.717) is 29.5 Å². The first kappa shape index (κ1) is 13.8. The lowest BCUT2D eigenvalue weighted by Crippen LogP contribution is -2.33. The molecule has 1 saturated heterocycles. The monoisotopic (exact) mass is 300 g/mol. The van der Waals surface area contributed by atoms with Crippen molar-refractivity contribution in [1.82, 2.24) is 31.2 Å². The first-order valence-electron chi connectivity index (χ1n) is 8.02. The van der Waals surface area contributed by atoms with Crippen LogP contribution in [0.2, 0.25) is 0 Å². The van der Waals surface area contributed by atoms with Gasteiger partial charge in [-0.25, -0.2) is 0 Å². The summed E-state index contributed by atoms with van der Waals surface area (Å²) < 4.78 is 5.34. The molecule has 7 nitrogen and oxygen atoms in total. The van der Waals surface area contributed by atoms with Crippen molar-refractivity contribution in [3.63, 3.8) is 0 Å². The van der Waals surface area contributed by atoms with Crippen LogP contribution in [0.3, 0.4) is 0 Å². The molecule has 1 saturated carbocycles. The zero-order valence-corrected chi connectivity index (χ0v) is 12.4. The number of fused-ring (bicyclic) bond motifs is 1. The molecule has 2 aromatic rings. The van der Waals surface area contributed by atoms with E-state index in [4.69, 9.17) is 4.52 Å². The van der Waals surface area contributed by atoms with Gasteiger partial charge in [-0.15, -0.1) is 5.10 Å². The van der Waals surface area contributed by atoms with Crippen molar-refractivity contribution in [3.8, 4) is 11.5 Å². The van der Waals surface area contributed by atoms with E-state index in [0.717, 1.165) is 18.8 Å². The molecule has 3 heterocycles. The van der Waals surface area contributed by atoms with Crippen molar-refractivity contribution in [2.24, 2.45) is 5.92 Å². The quantitative estimate of drug-likeness (QED) is 0.884. The molecule has 0 bridgehead atoms. The summed E-state index contributed by atoms with van der Waals surface area (Å²) >= 11 is 0. The minimum atomic E-state index is 0.497. The van der Waals surface area contributed by atoms with Gasteiger partial charge in [0.05, 0.1) is 0 Å². The lowest BCUT2D eigenvalue weighted by Gasteiger charge is -2.26. The fourth-order valence-electron chi connectivity index (χ4n) is 3.59. The van der Waals surface area contributed by atoms with Gasteiger partial charge in [0.25, 0.3) is 0 Å². The molecule has 2 N–H and O–H groups in total. The summed E-state index contributed by atoms with van der Waals surface area (Å²) in [7, 11) is 0. The first-order chi connectivity index (χ1) is 10.9. The number of nitrogens with one attached hydrogen (secondary N) is 2. The summed E-state index contributed by atoms with van der Waals surface area (Å²) in [5, 5.41) is 11.8. The molecule has 2 aliphatic rings. The van der Waals surface area contributed by atoms with Crippen LogP contribution in [0.4, 0.5) is 0 Å². The van der Waals surface area contributed by atoms with E-state index in [-0.39, 0.29) is 0 Å². The van der Waals surface area contributed by atoms with Crippen molar-refractivity contribution in [3.05, 3.63) is 24.2 Å². The molecule has 7 heteroatoms. The summed E-state index contributed by atoms with van der Waals surface area (Å²) in [4.78, 5) is 4.42. The molecule has 2 aromatic heterocycles. The molecule has 4 rings (SSSR count). The van der Waals surface area contributed by atoms with E-state index in [2.05, 4.69) is 31.2 Å². The molecule has 3 unspecified atom stereocenters. The lowest BCUT2D eigenvalue weighted by molar-refractivity contribution is 0.292. The van der Waals surface area contributed by atoms with Gasteiger partial charge < -0.3 is 4.52 Å². The number of hydrogen-bond donors (Lipinski definition) is 2. The van der Waals surface area contributed by atoms with Gasteiger partial charge in [0.1, 0.15) is 5.69 Å². The Labute approximate surface area is 128 Å². The van der Waals surface area contributed by atoms with Crippen LogP contribution in [0, 0.1) is 5.92 Å². The third-order valence-corrected chi connectivity index (χ3v) is 4.73. The predicted molar refractivity (Wildman–Crippen MR) is 79.5 cm³/mol. The Morgan fingerprint density at radius 2 is 2.18 bits per heavy atom. The SMILES string of the molecule is c1cnnc(-c2noc(CCC3NNC4CCCCC43)n2)c1. The highest BCUT2D eigenvalue weighted by atomic mass is 16.5. The second-order valence-corrected chi connectivity index (χ2v) is 6.11. The van der Waals surface area contributed by atoms with E-state index < -0.39 is 0 Å². The second kappa shape index (κ2) is 6.10. The Morgan fingerprint density at radius 3 is 3.09 bits per heavy atom. The molecule has 1 aliphatic heterocycles. The largest absolute Gasteiger partial charge is 0.339 e. The second-order valence-electron chi connectivity index (χ2n) is 6.11. The van der Waals surface area contributed by atoms with Gasteiger partial charge in [0.2, 0.25) is 11.7 Å². The number of rotatable bonds is 4. The van der Waals surface area contributed by atoms with Crippen LogP contribution in [0.15, 0.2) is 22.9 Å². The smallest absolute Gasteiger partial charge is 0.227 e. The van der Waals surface area contributed by atoms with Crippen LogP contribution in [-0.2, 0) is 6.42 Å². The molecule has 0 aromatic carbocycles. The van der Waals surface area contributed by atoms with Crippen molar-refractivity contribution in [2.45, 2.75) is 50.6 Å². The third kappa shape index (κ3) is 2.74. The van der Waals surface area contributed by atoms with Gasteiger partial charge in [-0.1, -0.05) is 18.0 Å². The molecule has 0 radical (unpaired) electrons. The maximum atomic E-state index is 5.34. The molecule has 1 aliphatic carbocycles. The molecular formula is C15H20N6O. The minimum absolute atomic E-state index is 0.497. The standard InChI is InChI=1S/C15H20N6O/c1-2-5-11-10(4-1)12(20-19-11)7-8-14-17-15(21-22-14)13-6-3-9-16-18-13/h3,6,9-12,19-20H,1-2,4-5,7-8H2. The highest BCUT2D eigenvalue weighted by Crippen LogP contribution is 2.31. The van der Waals surface area contributed by atoms with E-state index in [9.17, 15) is 0 Å². The summed E-state index contributed by atoms with van der Waals surface area (Å²) in [6.45, 7) is 0. The van der Waals surface area contributed by atoms with Gasteiger partial charge in [-0.2, -0.15) is 10.1 Å². The number of hydrazine groups is 1. The van der Waals surface area contributed by atoms with Gasteiger partial charge in [-0.3, -0.25) is 10.9 Å². The zero-order valence-electron chi connectivity index (χ0n) is 12.4. The fraction of sp³-hybridized carbons (Fsp3) is 0.600. The Balaban J connectivity index is 1.37. The van der Waals surface area contributed by atoms with E-state index in [1.54, 1.807) is 6.20 Å². The third-order valence-electron chi connectivity index (χ3n) is 4.73. The zero-order chi connectivity index (χ0) is 14.8.